The van der Waals surface area contributed by atoms with Gasteiger partial charge in [-0.05, 0) is 54.7 Å². The zero-order valence-corrected chi connectivity index (χ0v) is 16.6. The van der Waals surface area contributed by atoms with E-state index in [4.69, 9.17) is 4.74 Å². The van der Waals surface area contributed by atoms with Gasteiger partial charge in [-0.15, -0.1) is 0 Å². The third kappa shape index (κ3) is 4.59. The summed E-state index contributed by atoms with van der Waals surface area (Å²) in [5.74, 6) is -2.45. The van der Waals surface area contributed by atoms with Crippen molar-refractivity contribution in [2.24, 2.45) is 0 Å². The van der Waals surface area contributed by atoms with E-state index in [1.54, 1.807) is 6.92 Å². The lowest BCUT2D eigenvalue weighted by molar-refractivity contribution is -0.131. The van der Waals surface area contributed by atoms with Crippen LogP contribution in [-0.4, -0.2) is 62.7 Å². The molecule has 2 saturated heterocycles. The summed E-state index contributed by atoms with van der Waals surface area (Å²) in [5.41, 5.74) is 0.679. The number of anilines is 1. The van der Waals surface area contributed by atoms with Crippen molar-refractivity contribution in [3.05, 3.63) is 29.8 Å². The van der Waals surface area contributed by atoms with Crippen LogP contribution in [0.15, 0.2) is 24.3 Å². The molecule has 2 heterocycles. The van der Waals surface area contributed by atoms with Crippen LogP contribution >= 0.6 is 23.5 Å². The predicted octanol–water partition coefficient (Wildman–Crippen LogP) is 1.22. The van der Waals surface area contributed by atoms with Crippen molar-refractivity contribution in [2.75, 3.05) is 18.5 Å². The standard InChI is InChI=1S/C17H15N3O7S2/c1-2-27-15(24)8-3-5-9(6-4-8)18-10(21)7-20-14(23)12(29-17(20)26)11-13(22)19-16(25)28-11/h3-6,11-12H,2,7H2,1H3,(H,18,21)(H,19,22,25)/t11-,12+/m1/s1. The van der Waals surface area contributed by atoms with E-state index in [9.17, 15) is 28.8 Å². The van der Waals surface area contributed by atoms with Gasteiger partial charge in [0.05, 0.1) is 12.2 Å². The third-order valence-electron chi connectivity index (χ3n) is 3.93. The second kappa shape index (κ2) is 8.66. The second-order valence-electron chi connectivity index (χ2n) is 5.89. The molecule has 5 amide bonds. The first-order valence-corrected chi connectivity index (χ1v) is 10.2. The zero-order chi connectivity index (χ0) is 21.1. The van der Waals surface area contributed by atoms with Crippen LogP contribution in [0.3, 0.4) is 0 Å². The highest BCUT2D eigenvalue weighted by Gasteiger charge is 2.50. The van der Waals surface area contributed by atoms with Gasteiger partial charge in [0.25, 0.3) is 10.5 Å². The lowest BCUT2D eigenvalue weighted by Crippen LogP contribution is -2.42. The fraction of sp³-hybridized carbons (Fsp3) is 0.294. The van der Waals surface area contributed by atoms with Crippen molar-refractivity contribution in [2.45, 2.75) is 17.4 Å². The van der Waals surface area contributed by atoms with Crippen molar-refractivity contribution >= 4 is 63.4 Å². The molecular weight excluding hydrogens is 422 g/mol. The maximum atomic E-state index is 12.5. The van der Waals surface area contributed by atoms with Crippen LogP contribution in [0.4, 0.5) is 15.3 Å². The molecule has 3 rings (SSSR count). The maximum absolute atomic E-state index is 12.5. The van der Waals surface area contributed by atoms with Gasteiger partial charge in [-0.3, -0.25) is 34.2 Å². The minimum Gasteiger partial charge on any atom is -0.462 e. The fourth-order valence-electron chi connectivity index (χ4n) is 2.62. The quantitative estimate of drug-likeness (QED) is 0.629. The van der Waals surface area contributed by atoms with Crippen LogP contribution < -0.4 is 10.6 Å². The summed E-state index contributed by atoms with van der Waals surface area (Å²) in [6.45, 7) is 1.39. The van der Waals surface area contributed by atoms with Crippen LogP contribution in [-0.2, 0) is 19.1 Å². The molecule has 29 heavy (non-hydrogen) atoms. The van der Waals surface area contributed by atoms with E-state index in [1.165, 1.54) is 24.3 Å². The number of benzene rings is 1. The van der Waals surface area contributed by atoms with Gasteiger partial charge in [0, 0.05) is 5.69 Å². The first kappa shape index (κ1) is 20.9. The molecule has 0 bridgehead atoms. The number of hydrogen-bond donors (Lipinski definition) is 2. The highest BCUT2D eigenvalue weighted by molar-refractivity contribution is 8.19. The number of thioether (sulfide) groups is 2. The Morgan fingerprint density at radius 3 is 2.38 bits per heavy atom. The van der Waals surface area contributed by atoms with Crippen LogP contribution in [0.2, 0.25) is 0 Å². The number of nitrogens with one attached hydrogen (secondary N) is 2. The van der Waals surface area contributed by atoms with E-state index in [2.05, 4.69) is 10.6 Å². The Kier molecular flexibility index (Phi) is 6.23. The second-order valence-corrected chi connectivity index (χ2v) is 8.10. The Morgan fingerprint density at radius 2 is 1.79 bits per heavy atom. The number of carbonyl (C=O) groups excluding carboxylic acids is 6. The zero-order valence-electron chi connectivity index (χ0n) is 15.0. The molecule has 1 aromatic carbocycles. The van der Waals surface area contributed by atoms with E-state index < -0.39 is 51.2 Å². The summed E-state index contributed by atoms with van der Waals surface area (Å²) in [4.78, 5) is 72.2. The largest absolute Gasteiger partial charge is 0.462 e. The first-order valence-electron chi connectivity index (χ1n) is 8.40. The van der Waals surface area contributed by atoms with Gasteiger partial charge in [0.15, 0.2) is 0 Å². The molecule has 12 heteroatoms. The van der Waals surface area contributed by atoms with Gasteiger partial charge in [-0.25, -0.2) is 4.79 Å². The van der Waals surface area contributed by atoms with E-state index in [1.807, 2.05) is 0 Å². The Balaban J connectivity index is 1.59. The average molecular weight is 437 g/mol. The highest BCUT2D eigenvalue weighted by atomic mass is 32.2. The van der Waals surface area contributed by atoms with E-state index >= 15 is 0 Å². The van der Waals surface area contributed by atoms with Crippen LogP contribution in [0.25, 0.3) is 0 Å². The first-order chi connectivity index (χ1) is 13.8. The number of amides is 5. The predicted molar refractivity (Wildman–Crippen MR) is 104 cm³/mol. The molecule has 10 nitrogen and oxygen atoms in total. The highest BCUT2D eigenvalue weighted by Crippen LogP contribution is 2.36. The number of esters is 1. The summed E-state index contributed by atoms with van der Waals surface area (Å²) in [7, 11) is 0. The van der Waals surface area contributed by atoms with E-state index in [0.29, 0.717) is 34.8 Å². The lowest BCUT2D eigenvalue weighted by atomic mass is 10.2. The molecule has 0 spiro atoms. The number of carbonyl (C=O) groups is 6. The van der Waals surface area contributed by atoms with Gasteiger partial charge < -0.3 is 10.1 Å². The van der Waals surface area contributed by atoms with Gasteiger partial charge in [0.1, 0.15) is 17.0 Å². The number of ether oxygens (including phenoxy) is 1. The average Bonchev–Trinajstić information content (AvgIpc) is 3.14. The minimum absolute atomic E-state index is 0.239. The smallest absolute Gasteiger partial charge is 0.338 e. The summed E-state index contributed by atoms with van der Waals surface area (Å²) < 4.78 is 4.87. The van der Waals surface area contributed by atoms with Crippen molar-refractivity contribution in [3.8, 4) is 0 Å². The number of nitrogens with zero attached hydrogens (tertiary/aromatic N) is 1. The molecule has 152 valence electrons. The fourth-order valence-corrected chi connectivity index (χ4v) is 4.72. The minimum atomic E-state index is -1.06. The Hall–Kier alpha value is -2.86. The Bertz CT molecular complexity index is 903. The molecule has 2 aliphatic rings. The van der Waals surface area contributed by atoms with Gasteiger partial charge in [-0.1, -0.05) is 0 Å². The molecule has 0 aliphatic carbocycles. The molecule has 0 saturated carbocycles. The van der Waals surface area contributed by atoms with Crippen LogP contribution in [0.1, 0.15) is 17.3 Å². The molecule has 0 radical (unpaired) electrons. The number of rotatable bonds is 6. The van der Waals surface area contributed by atoms with Crippen LogP contribution in [0.5, 0.6) is 0 Å². The van der Waals surface area contributed by atoms with Crippen LogP contribution in [0, 0.1) is 0 Å². The molecule has 2 aliphatic heterocycles. The molecular formula is C17H15N3O7S2. The summed E-state index contributed by atoms with van der Waals surface area (Å²) >= 11 is 1.26. The van der Waals surface area contributed by atoms with Gasteiger partial charge in [-0.2, -0.15) is 0 Å². The molecule has 1 aromatic rings. The molecule has 2 atom stereocenters. The maximum Gasteiger partial charge on any atom is 0.338 e. The normalized spacial score (nSPS) is 21.3. The summed E-state index contributed by atoms with van der Waals surface area (Å²) in [5, 5.41) is 1.28. The summed E-state index contributed by atoms with van der Waals surface area (Å²) in [6.07, 6.45) is 0. The van der Waals surface area contributed by atoms with Crippen molar-refractivity contribution in [1.82, 2.24) is 10.2 Å². The van der Waals surface area contributed by atoms with Crippen molar-refractivity contribution in [3.63, 3.8) is 0 Å². The lowest BCUT2D eigenvalue weighted by Gasteiger charge is -2.15. The number of hydrogen-bond acceptors (Lipinski definition) is 9. The molecule has 0 unspecified atom stereocenters. The Morgan fingerprint density at radius 1 is 1.10 bits per heavy atom. The van der Waals surface area contributed by atoms with Gasteiger partial charge in [0.2, 0.25) is 17.7 Å². The third-order valence-corrected chi connectivity index (χ3v) is 6.31. The SMILES string of the molecule is CCOC(=O)c1ccc(NC(=O)CN2C(=O)S[C@@H]([C@H]3SC(=O)NC3=O)C2=O)cc1. The Labute approximate surface area is 173 Å². The monoisotopic (exact) mass is 437 g/mol. The van der Waals surface area contributed by atoms with E-state index in [-0.39, 0.29) is 6.61 Å². The van der Waals surface area contributed by atoms with Gasteiger partial charge >= 0.3 is 5.97 Å². The molecule has 2 N–H and O–H groups in total. The van der Waals surface area contributed by atoms with Crippen molar-refractivity contribution in [1.29, 1.82) is 0 Å². The molecule has 0 aromatic heterocycles. The topological polar surface area (TPSA) is 139 Å². The summed E-state index contributed by atoms with van der Waals surface area (Å²) in [6, 6.07) is 5.91. The van der Waals surface area contributed by atoms with E-state index in [0.717, 1.165) is 4.90 Å². The number of imide groups is 2. The molecule has 2 fully saturated rings. The van der Waals surface area contributed by atoms with Crippen molar-refractivity contribution < 1.29 is 33.5 Å².